The number of nitrogen functional groups attached to an aromatic ring is 1. The molecule has 1 aliphatic heterocycles. The lowest BCUT2D eigenvalue weighted by Crippen LogP contribution is -2.35. The van der Waals surface area contributed by atoms with Crippen molar-refractivity contribution in [2.75, 3.05) is 30.7 Å². The summed E-state index contributed by atoms with van der Waals surface area (Å²) in [6.07, 6.45) is 4.12. The SMILES string of the molecule is CC(C)Oc1ncnc(NCC(C)N2CCCC2)c1N. The highest BCUT2D eigenvalue weighted by atomic mass is 16.5. The van der Waals surface area contributed by atoms with E-state index in [1.165, 1.54) is 32.3 Å². The number of hydrogen-bond donors (Lipinski definition) is 2. The van der Waals surface area contributed by atoms with E-state index in [0.29, 0.717) is 23.4 Å². The van der Waals surface area contributed by atoms with Gasteiger partial charge in [0, 0.05) is 12.6 Å². The fourth-order valence-electron chi connectivity index (χ4n) is 2.39. The van der Waals surface area contributed by atoms with Crippen LogP contribution < -0.4 is 15.8 Å². The highest BCUT2D eigenvalue weighted by Gasteiger charge is 2.18. The summed E-state index contributed by atoms with van der Waals surface area (Å²) in [5, 5.41) is 3.31. The second-order valence-corrected chi connectivity index (χ2v) is 5.58. The molecule has 3 N–H and O–H groups in total. The molecular weight excluding hydrogens is 254 g/mol. The molecule has 1 aromatic heterocycles. The number of nitrogens with two attached hydrogens (primary N) is 1. The van der Waals surface area contributed by atoms with Gasteiger partial charge in [-0.25, -0.2) is 4.98 Å². The number of likely N-dealkylation sites (tertiary alicyclic amines) is 1. The number of nitrogens with one attached hydrogen (secondary N) is 1. The molecule has 1 unspecified atom stereocenters. The predicted molar refractivity (Wildman–Crippen MR) is 81.0 cm³/mol. The third-order valence-corrected chi connectivity index (χ3v) is 3.52. The Kier molecular flexibility index (Phi) is 5.00. The zero-order valence-corrected chi connectivity index (χ0v) is 12.6. The first-order valence-electron chi connectivity index (χ1n) is 7.33. The average molecular weight is 279 g/mol. The van der Waals surface area contributed by atoms with Gasteiger partial charge >= 0.3 is 0 Å². The van der Waals surface area contributed by atoms with E-state index in [-0.39, 0.29) is 6.10 Å². The van der Waals surface area contributed by atoms with Crippen LogP contribution in [0.5, 0.6) is 5.88 Å². The quantitative estimate of drug-likeness (QED) is 0.826. The second kappa shape index (κ2) is 6.74. The minimum atomic E-state index is 0.0450. The van der Waals surface area contributed by atoms with E-state index in [9.17, 15) is 0 Å². The summed E-state index contributed by atoms with van der Waals surface area (Å²) < 4.78 is 5.57. The third-order valence-electron chi connectivity index (χ3n) is 3.52. The maximum absolute atomic E-state index is 6.05. The fraction of sp³-hybridized carbons (Fsp3) is 0.714. The first-order chi connectivity index (χ1) is 9.58. The van der Waals surface area contributed by atoms with Gasteiger partial charge in [0.2, 0.25) is 5.88 Å². The highest BCUT2D eigenvalue weighted by Crippen LogP contribution is 2.25. The summed E-state index contributed by atoms with van der Waals surface area (Å²) in [6, 6.07) is 0.473. The van der Waals surface area contributed by atoms with E-state index in [2.05, 4.69) is 27.1 Å². The van der Waals surface area contributed by atoms with Crippen molar-refractivity contribution < 1.29 is 4.74 Å². The molecule has 1 atom stereocenters. The Morgan fingerprint density at radius 1 is 1.30 bits per heavy atom. The maximum Gasteiger partial charge on any atom is 0.242 e. The molecule has 0 saturated carbocycles. The number of aromatic nitrogens is 2. The number of ether oxygens (including phenoxy) is 1. The third kappa shape index (κ3) is 3.72. The molecule has 0 spiro atoms. The summed E-state index contributed by atoms with van der Waals surface area (Å²) in [6.45, 7) is 9.31. The molecule has 1 aliphatic rings. The van der Waals surface area contributed by atoms with Crippen LogP contribution in [0.4, 0.5) is 11.5 Å². The lowest BCUT2D eigenvalue weighted by molar-refractivity contribution is 0.234. The van der Waals surface area contributed by atoms with Gasteiger partial charge in [0.05, 0.1) is 6.10 Å². The molecule has 0 aliphatic carbocycles. The Morgan fingerprint density at radius 3 is 2.65 bits per heavy atom. The molecule has 6 nitrogen and oxygen atoms in total. The molecule has 2 heterocycles. The normalized spacial score (nSPS) is 17.4. The largest absolute Gasteiger partial charge is 0.473 e. The molecule has 1 saturated heterocycles. The summed E-state index contributed by atoms with van der Waals surface area (Å²) in [5.74, 6) is 1.10. The Morgan fingerprint density at radius 2 is 2.00 bits per heavy atom. The summed E-state index contributed by atoms with van der Waals surface area (Å²) >= 11 is 0. The predicted octanol–water partition coefficient (Wildman–Crippen LogP) is 1.74. The van der Waals surface area contributed by atoms with Gasteiger partial charge in [-0.1, -0.05) is 0 Å². The minimum absolute atomic E-state index is 0.0450. The van der Waals surface area contributed by atoms with Crippen LogP contribution >= 0.6 is 0 Å². The lowest BCUT2D eigenvalue weighted by Gasteiger charge is -2.24. The van der Waals surface area contributed by atoms with Crippen LogP contribution in [0.25, 0.3) is 0 Å². The van der Waals surface area contributed by atoms with Crippen molar-refractivity contribution >= 4 is 11.5 Å². The van der Waals surface area contributed by atoms with E-state index in [4.69, 9.17) is 10.5 Å². The number of anilines is 2. The van der Waals surface area contributed by atoms with Gasteiger partial charge in [0.1, 0.15) is 12.0 Å². The van der Waals surface area contributed by atoms with Crippen LogP contribution in [0.2, 0.25) is 0 Å². The molecule has 0 bridgehead atoms. The van der Waals surface area contributed by atoms with Gasteiger partial charge in [-0.3, -0.25) is 4.90 Å². The molecule has 1 fully saturated rings. The topological polar surface area (TPSA) is 76.3 Å². The standard InChI is InChI=1S/C14H25N5O/c1-10(2)20-14-12(15)13(17-9-18-14)16-8-11(3)19-6-4-5-7-19/h9-11H,4-8,15H2,1-3H3,(H,16,17,18). The van der Waals surface area contributed by atoms with E-state index in [1.807, 2.05) is 13.8 Å². The molecule has 2 rings (SSSR count). The van der Waals surface area contributed by atoms with Gasteiger partial charge in [0.15, 0.2) is 5.82 Å². The van der Waals surface area contributed by atoms with Gasteiger partial charge in [-0.05, 0) is 46.7 Å². The first-order valence-corrected chi connectivity index (χ1v) is 7.33. The van der Waals surface area contributed by atoms with Crippen molar-refractivity contribution in [1.82, 2.24) is 14.9 Å². The highest BCUT2D eigenvalue weighted by molar-refractivity contribution is 5.66. The Hall–Kier alpha value is -1.56. The van der Waals surface area contributed by atoms with Crippen LogP contribution in [0.15, 0.2) is 6.33 Å². The van der Waals surface area contributed by atoms with Gasteiger partial charge in [0.25, 0.3) is 0 Å². The Labute approximate surface area is 120 Å². The Balaban J connectivity index is 1.95. The van der Waals surface area contributed by atoms with Crippen molar-refractivity contribution in [3.05, 3.63) is 6.33 Å². The summed E-state index contributed by atoms with van der Waals surface area (Å²) in [7, 11) is 0. The van der Waals surface area contributed by atoms with Gasteiger partial charge in [-0.2, -0.15) is 4.98 Å². The molecule has 0 aromatic carbocycles. The molecule has 20 heavy (non-hydrogen) atoms. The summed E-state index contributed by atoms with van der Waals surface area (Å²) in [4.78, 5) is 10.8. The smallest absolute Gasteiger partial charge is 0.242 e. The molecular formula is C14H25N5O. The van der Waals surface area contributed by atoms with Crippen LogP contribution in [-0.4, -0.2) is 46.6 Å². The van der Waals surface area contributed by atoms with Gasteiger partial charge < -0.3 is 15.8 Å². The van der Waals surface area contributed by atoms with Gasteiger partial charge in [-0.15, -0.1) is 0 Å². The Bertz CT molecular complexity index is 432. The molecule has 6 heteroatoms. The summed E-state index contributed by atoms with van der Waals surface area (Å²) in [5.41, 5.74) is 6.53. The number of rotatable bonds is 6. The van der Waals surface area contributed by atoms with Crippen LogP contribution in [0.1, 0.15) is 33.6 Å². The van der Waals surface area contributed by atoms with Crippen LogP contribution in [0.3, 0.4) is 0 Å². The van der Waals surface area contributed by atoms with E-state index < -0.39 is 0 Å². The van der Waals surface area contributed by atoms with Crippen molar-refractivity contribution in [2.45, 2.75) is 45.8 Å². The van der Waals surface area contributed by atoms with E-state index in [1.54, 1.807) is 0 Å². The van der Waals surface area contributed by atoms with Crippen molar-refractivity contribution in [2.24, 2.45) is 0 Å². The molecule has 0 amide bonds. The average Bonchev–Trinajstić information content (AvgIpc) is 2.93. The maximum atomic E-state index is 6.05. The molecule has 112 valence electrons. The van der Waals surface area contributed by atoms with E-state index in [0.717, 1.165) is 6.54 Å². The van der Waals surface area contributed by atoms with Crippen molar-refractivity contribution in [3.8, 4) is 5.88 Å². The second-order valence-electron chi connectivity index (χ2n) is 5.58. The fourth-order valence-corrected chi connectivity index (χ4v) is 2.39. The number of hydrogen-bond acceptors (Lipinski definition) is 6. The van der Waals surface area contributed by atoms with E-state index >= 15 is 0 Å². The molecule has 0 radical (unpaired) electrons. The van der Waals surface area contributed by atoms with Crippen molar-refractivity contribution in [3.63, 3.8) is 0 Å². The zero-order valence-electron chi connectivity index (χ0n) is 12.6. The zero-order chi connectivity index (χ0) is 14.5. The monoisotopic (exact) mass is 279 g/mol. The van der Waals surface area contributed by atoms with Crippen LogP contribution in [-0.2, 0) is 0 Å². The van der Waals surface area contributed by atoms with Crippen LogP contribution in [0, 0.1) is 0 Å². The molecule has 1 aromatic rings. The first kappa shape index (κ1) is 14.8. The minimum Gasteiger partial charge on any atom is -0.473 e. The number of nitrogens with zero attached hydrogens (tertiary/aromatic N) is 3. The van der Waals surface area contributed by atoms with Crippen molar-refractivity contribution in [1.29, 1.82) is 0 Å². The lowest BCUT2D eigenvalue weighted by atomic mass is 10.3.